The molecule has 1 aromatic heterocycles. The van der Waals surface area contributed by atoms with Crippen molar-refractivity contribution < 1.29 is 14.4 Å². The third-order valence-electron chi connectivity index (χ3n) is 4.01. The van der Waals surface area contributed by atoms with Crippen molar-refractivity contribution in [2.45, 2.75) is 25.8 Å². The van der Waals surface area contributed by atoms with E-state index in [4.69, 9.17) is 5.84 Å². The summed E-state index contributed by atoms with van der Waals surface area (Å²) >= 11 is 1.25. The molecule has 7 heteroatoms. The highest BCUT2D eigenvalue weighted by Crippen LogP contribution is 2.40. The first-order valence-corrected chi connectivity index (χ1v) is 7.38. The van der Waals surface area contributed by atoms with Gasteiger partial charge in [0.2, 0.25) is 11.8 Å². The van der Waals surface area contributed by atoms with E-state index in [0.717, 1.165) is 24.1 Å². The first-order valence-electron chi connectivity index (χ1n) is 6.56. The summed E-state index contributed by atoms with van der Waals surface area (Å²) in [5.74, 6) is 4.36. The molecule has 1 saturated carbocycles. The summed E-state index contributed by atoms with van der Waals surface area (Å²) < 4.78 is 0. The molecule has 1 aromatic rings. The molecule has 0 aromatic carbocycles. The predicted molar refractivity (Wildman–Crippen MR) is 72.4 cm³/mol. The second kappa shape index (κ2) is 4.99. The topological polar surface area (TPSA) is 92.5 Å². The molecule has 3 amide bonds. The molecule has 3 rings (SSSR count). The molecule has 20 heavy (non-hydrogen) atoms. The molecular weight excluding hydrogens is 278 g/mol. The smallest absolute Gasteiger partial charge is 0.275 e. The number of nitrogens with one attached hydrogen (secondary N) is 1. The lowest BCUT2D eigenvalue weighted by Crippen LogP contribution is -2.31. The lowest BCUT2D eigenvalue weighted by molar-refractivity contribution is -0.140. The standard InChI is InChI=1S/C13H15N3O3S/c14-15-11(17)10-5-4-7(20-10)6-16-12(18)8-2-1-3-9(8)13(16)19/h4-5,8-9H,1-3,6,14H2,(H,15,17). The number of hydrogen-bond acceptors (Lipinski definition) is 5. The van der Waals surface area contributed by atoms with Gasteiger partial charge in [-0.3, -0.25) is 24.7 Å². The van der Waals surface area contributed by atoms with Crippen molar-refractivity contribution in [1.29, 1.82) is 0 Å². The first kappa shape index (κ1) is 13.3. The van der Waals surface area contributed by atoms with Crippen LogP contribution in [0.3, 0.4) is 0 Å². The summed E-state index contributed by atoms with van der Waals surface area (Å²) in [5.41, 5.74) is 2.06. The number of carbonyl (C=O) groups excluding carboxylic acids is 3. The maximum atomic E-state index is 12.2. The minimum absolute atomic E-state index is 0.0595. The van der Waals surface area contributed by atoms with E-state index in [1.807, 2.05) is 0 Å². The Kier molecular flexibility index (Phi) is 3.31. The fourth-order valence-corrected chi connectivity index (χ4v) is 3.93. The summed E-state index contributed by atoms with van der Waals surface area (Å²) in [6.45, 7) is 0.257. The van der Waals surface area contributed by atoms with Crippen LogP contribution in [0, 0.1) is 11.8 Å². The number of nitrogens with two attached hydrogens (primary N) is 1. The lowest BCUT2D eigenvalue weighted by atomic mass is 10.00. The molecule has 1 saturated heterocycles. The molecule has 0 bridgehead atoms. The Bertz CT molecular complexity index is 561. The van der Waals surface area contributed by atoms with Crippen LogP contribution in [-0.2, 0) is 16.1 Å². The lowest BCUT2D eigenvalue weighted by Gasteiger charge is -2.14. The number of carbonyl (C=O) groups is 3. The normalized spacial score (nSPS) is 25.1. The molecule has 2 unspecified atom stereocenters. The minimum Gasteiger partial charge on any atom is -0.289 e. The van der Waals surface area contributed by atoms with Crippen LogP contribution in [0.15, 0.2) is 12.1 Å². The number of thiophene rings is 1. The van der Waals surface area contributed by atoms with Gasteiger partial charge < -0.3 is 0 Å². The summed E-state index contributed by atoms with van der Waals surface area (Å²) in [4.78, 5) is 38.4. The fraction of sp³-hybridized carbons (Fsp3) is 0.462. The quantitative estimate of drug-likeness (QED) is 0.370. The van der Waals surface area contributed by atoms with Crippen molar-refractivity contribution in [2.75, 3.05) is 0 Å². The van der Waals surface area contributed by atoms with Gasteiger partial charge >= 0.3 is 0 Å². The van der Waals surface area contributed by atoms with Crippen LogP contribution in [0.5, 0.6) is 0 Å². The zero-order valence-electron chi connectivity index (χ0n) is 10.8. The first-order chi connectivity index (χ1) is 9.61. The van der Waals surface area contributed by atoms with E-state index in [1.165, 1.54) is 16.2 Å². The van der Waals surface area contributed by atoms with Gasteiger partial charge in [0.25, 0.3) is 5.91 Å². The summed E-state index contributed by atoms with van der Waals surface area (Å²) in [5, 5.41) is 0. The van der Waals surface area contributed by atoms with Crippen LogP contribution in [0.4, 0.5) is 0 Å². The molecule has 3 N–H and O–H groups in total. The van der Waals surface area contributed by atoms with E-state index in [1.54, 1.807) is 12.1 Å². The van der Waals surface area contributed by atoms with Crippen molar-refractivity contribution in [3.8, 4) is 0 Å². The number of fused-ring (bicyclic) bond motifs is 1. The van der Waals surface area contributed by atoms with Crippen LogP contribution < -0.4 is 11.3 Å². The number of imide groups is 1. The average Bonchev–Trinajstić information content (AvgIpc) is 3.14. The number of likely N-dealkylation sites (tertiary alicyclic amines) is 1. The van der Waals surface area contributed by atoms with Gasteiger partial charge in [-0.25, -0.2) is 5.84 Å². The minimum atomic E-state index is -0.364. The third-order valence-corrected chi connectivity index (χ3v) is 5.08. The SMILES string of the molecule is NNC(=O)c1ccc(CN2C(=O)C3CCCC3C2=O)s1. The Morgan fingerprint density at radius 1 is 1.30 bits per heavy atom. The summed E-state index contributed by atoms with van der Waals surface area (Å²) in [6, 6.07) is 3.40. The molecular formula is C13H15N3O3S. The Morgan fingerprint density at radius 2 is 1.95 bits per heavy atom. The monoisotopic (exact) mass is 293 g/mol. The maximum absolute atomic E-state index is 12.2. The van der Waals surface area contributed by atoms with E-state index in [0.29, 0.717) is 4.88 Å². The van der Waals surface area contributed by atoms with Gasteiger partial charge in [-0.15, -0.1) is 11.3 Å². The van der Waals surface area contributed by atoms with Crippen molar-refractivity contribution in [3.63, 3.8) is 0 Å². The van der Waals surface area contributed by atoms with E-state index >= 15 is 0 Å². The third kappa shape index (κ3) is 2.03. The number of nitrogen functional groups attached to an aromatic ring is 1. The number of amides is 3. The van der Waals surface area contributed by atoms with Gasteiger partial charge in [0.05, 0.1) is 23.3 Å². The highest BCUT2D eigenvalue weighted by Gasteiger charge is 2.49. The second-order valence-electron chi connectivity index (χ2n) is 5.15. The van der Waals surface area contributed by atoms with Crippen LogP contribution in [-0.4, -0.2) is 22.6 Å². The molecule has 1 aliphatic heterocycles. The van der Waals surface area contributed by atoms with Crippen molar-refractivity contribution >= 4 is 29.1 Å². The Balaban J connectivity index is 1.75. The van der Waals surface area contributed by atoms with E-state index in [-0.39, 0.29) is 36.1 Å². The van der Waals surface area contributed by atoms with Gasteiger partial charge in [0, 0.05) is 4.88 Å². The highest BCUT2D eigenvalue weighted by atomic mass is 32.1. The molecule has 0 radical (unpaired) electrons. The van der Waals surface area contributed by atoms with Crippen LogP contribution in [0.2, 0.25) is 0 Å². The molecule has 2 fully saturated rings. The molecule has 2 aliphatic rings. The van der Waals surface area contributed by atoms with Crippen molar-refractivity contribution in [2.24, 2.45) is 17.7 Å². The molecule has 106 valence electrons. The van der Waals surface area contributed by atoms with Gasteiger partial charge in [0.1, 0.15) is 0 Å². The number of hydrogen-bond donors (Lipinski definition) is 2. The largest absolute Gasteiger partial charge is 0.289 e. The van der Waals surface area contributed by atoms with Crippen LogP contribution >= 0.6 is 11.3 Å². The van der Waals surface area contributed by atoms with Crippen molar-refractivity contribution in [3.05, 3.63) is 21.9 Å². The molecule has 1 aliphatic carbocycles. The number of nitrogens with zero attached hydrogens (tertiary/aromatic N) is 1. The van der Waals surface area contributed by atoms with Crippen molar-refractivity contribution in [1.82, 2.24) is 10.3 Å². The fourth-order valence-electron chi connectivity index (χ4n) is 3.03. The van der Waals surface area contributed by atoms with E-state index in [2.05, 4.69) is 5.43 Å². The molecule has 6 nitrogen and oxygen atoms in total. The Labute approximate surface area is 119 Å². The summed E-state index contributed by atoms with van der Waals surface area (Å²) in [6.07, 6.45) is 2.59. The zero-order valence-corrected chi connectivity index (χ0v) is 11.6. The Morgan fingerprint density at radius 3 is 2.55 bits per heavy atom. The van der Waals surface area contributed by atoms with Gasteiger partial charge in [-0.05, 0) is 25.0 Å². The zero-order chi connectivity index (χ0) is 14.3. The molecule has 2 atom stereocenters. The Hall–Kier alpha value is -1.73. The molecule has 2 heterocycles. The van der Waals surface area contributed by atoms with E-state index < -0.39 is 0 Å². The second-order valence-corrected chi connectivity index (χ2v) is 6.31. The van der Waals surface area contributed by atoms with Gasteiger partial charge in [-0.1, -0.05) is 6.42 Å². The molecule has 0 spiro atoms. The number of hydrazine groups is 1. The van der Waals surface area contributed by atoms with Crippen LogP contribution in [0.1, 0.15) is 33.8 Å². The van der Waals surface area contributed by atoms with Gasteiger partial charge in [-0.2, -0.15) is 0 Å². The predicted octanol–water partition coefficient (Wildman–Crippen LogP) is 0.637. The van der Waals surface area contributed by atoms with Crippen LogP contribution in [0.25, 0.3) is 0 Å². The maximum Gasteiger partial charge on any atom is 0.275 e. The van der Waals surface area contributed by atoms with Gasteiger partial charge in [0.15, 0.2) is 0 Å². The summed E-state index contributed by atoms with van der Waals surface area (Å²) in [7, 11) is 0. The van der Waals surface area contributed by atoms with E-state index in [9.17, 15) is 14.4 Å². The average molecular weight is 293 g/mol. The number of rotatable bonds is 3. The highest BCUT2D eigenvalue weighted by molar-refractivity contribution is 7.14.